The highest BCUT2D eigenvalue weighted by atomic mass is 15.2. The first-order valence-electron chi connectivity index (χ1n) is 7.89. The lowest BCUT2D eigenvalue weighted by Gasteiger charge is -2.48. The van der Waals surface area contributed by atoms with Crippen molar-refractivity contribution in [1.29, 1.82) is 0 Å². The Hall–Kier alpha value is -1.41. The van der Waals surface area contributed by atoms with E-state index in [0.29, 0.717) is 6.04 Å². The Balaban J connectivity index is 1.72. The first kappa shape index (κ1) is 11.3. The van der Waals surface area contributed by atoms with Gasteiger partial charge in [0.2, 0.25) is 0 Å². The Kier molecular flexibility index (Phi) is 2.04. The Morgan fingerprint density at radius 2 is 2.25 bits per heavy atom. The molecule has 3 atom stereocenters. The molecule has 1 spiro atoms. The maximum absolute atomic E-state index is 5.06. The summed E-state index contributed by atoms with van der Waals surface area (Å²) in [5.41, 5.74) is 6.17. The van der Waals surface area contributed by atoms with Gasteiger partial charge in [-0.25, -0.2) is 0 Å². The standard InChI is InChI=1S/C18H20N2/c1-2-12-11-20-8-7-18-14-5-3-4-6-15(14)19-16(18)9-13(12)10-17(18)20/h2-6,13,17H,7-11H2,1H3/b12-2-/t13-,17?,18-/m0/s1. The third kappa shape index (κ3) is 1.14. The number of rotatable bonds is 0. The number of piperidine rings is 1. The summed E-state index contributed by atoms with van der Waals surface area (Å²) in [7, 11) is 0. The van der Waals surface area contributed by atoms with Crippen molar-refractivity contribution in [1.82, 2.24) is 4.90 Å². The highest BCUT2D eigenvalue weighted by Gasteiger charge is 2.59. The number of hydrogen-bond donors (Lipinski definition) is 0. The molecule has 2 heteroatoms. The van der Waals surface area contributed by atoms with Crippen LogP contribution in [0, 0.1) is 5.92 Å². The molecule has 5 rings (SSSR count). The molecule has 20 heavy (non-hydrogen) atoms. The van der Waals surface area contributed by atoms with E-state index in [1.54, 1.807) is 5.57 Å². The van der Waals surface area contributed by atoms with Gasteiger partial charge in [-0.05, 0) is 43.7 Å². The van der Waals surface area contributed by atoms with Gasteiger partial charge in [-0.15, -0.1) is 0 Å². The second-order valence-corrected chi connectivity index (χ2v) is 6.78. The lowest BCUT2D eigenvalue weighted by atomic mass is 9.61. The van der Waals surface area contributed by atoms with Crippen molar-refractivity contribution in [2.24, 2.45) is 10.9 Å². The molecule has 1 saturated carbocycles. The minimum absolute atomic E-state index is 0.270. The van der Waals surface area contributed by atoms with Gasteiger partial charge < -0.3 is 0 Å². The van der Waals surface area contributed by atoms with Crippen LogP contribution in [0.5, 0.6) is 0 Å². The number of para-hydroxylation sites is 1. The summed E-state index contributed by atoms with van der Waals surface area (Å²) in [6.45, 7) is 4.64. The fourth-order valence-electron chi connectivity index (χ4n) is 5.28. The molecule has 1 aliphatic carbocycles. The average Bonchev–Trinajstić information content (AvgIpc) is 3.02. The predicted octanol–water partition coefficient (Wildman–Crippen LogP) is 3.45. The zero-order valence-electron chi connectivity index (χ0n) is 12.0. The molecule has 0 radical (unpaired) electrons. The van der Waals surface area contributed by atoms with E-state index in [2.05, 4.69) is 42.2 Å². The molecule has 1 aromatic carbocycles. The Morgan fingerprint density at radius 1 is 1.35 bits per heavy atom. The summed E-state index contributed by atoms with van der Waals surface area (Å²) in [4.78, 5) is 7.78. The van der Waals surface area contributed by atoms with E-state index in [4.69, 9.17) is 4.99 Å². The van der Waals surface area contributed by atoms with Crippen molar-refractivity contribution in [3.63, 3.8) is 0 Å². The molecule has 0 N–H and O–H groups in total. The number of aliphatic imine (C=N–C) groups is 1. The molecule has 3 aliphatic heterocycles. The van der Waals surface area contributed by atoms with Gasteiger partial charge in [-0.2, -0.15) is 0 Å². The molecule has 0 aromatic heterocycles. The fourth-order valence-corrected chi connectivity index (χ4v) is 5.28. The van der Waals surface area contributed by atoms with Crippen molar-refractivity contribution < 1.29 is 0 Å². The van der Waals surface area contributed by atoms with Crippen molar-refractivity contribution in [3.05, 3.63) is 41.5 Å². The first-order valence-corrected chi connectivity index (χ1v) is 7.89. The van der Waals surface area contributed by atoms with Crippen molar-refractivity contribution in [3.8, 4) is 0 Å². The van der Waals surface area contributed by atoms with E-state index in [-0.39, 0.29) is 5.41 Å². The summed E-state index contributed by atoms with van der Waals surface area (Å²) in [6, 6.07) is 9.57. The predicted molar refractivity (Wildman–Crippen MR) is 81.7 cm³/mol. The third-order valence-electron chi connectivity index (χ3n) is 6.19. The molecular formula is C18H20N2. The lowest BCUT2D eigenvalue weighted by Crippen LogP contribution is -2.55. The van der Waals surface area contributed by atoms with Gasteiger partial charge in [0.1, 0.15) is 0 Å². The Bertz CT molecular complexity index is 657. The molecule has 102 valence electrons. The largest absolute Gasteiger partial charge is 0.295 e. The van der Waals surface area contributed by atoms with Gasteiger partial charge >= 0.3 is 0 Å². The average molecular weight is 264 g/mol. The van der Waals surface area contributed by atoms with Crippen molar-refractivity contribution in [2.45, 2.75) is 37.6 Å². The molecule has 2 bridgehead atoms. The van der Waals surface area contributed by atoms with Crippen LogP contribution in [-0.2, 0) is 5.41 Å². The van der Waals surface area contributed by atoms with Crippen LogP contribution >= 0.6 is 0 Å². The van der Waals surface area contributed by atoms with Crippen LogP contribution < -0.4 is 0 Å². The van der Waals surface area contributed by atoms with E-state index in [9.17, 15) is 0 Å². The number of allylic oxidation sites excluding steroid dienone is 1. The minimum atomic E-state index is 0.270. The number of benzene rings is 1. The van der Waals surface area contributed by atoms with Crippen molar-refractivity contribution >= 4 is 11.4 Å². The van der Waals surface area contributed by atoms with Gasteiger partial charge in [-0.1, -0.05) is 29.8 Å². The van der Waals surface area contributed by atoms with E-state index >= 15 is 0 Å². The quantitative estimate of drug-likeness (QED) is 0.655. The molecule has 4 aliphatic rings. The Labute approximate surface area is 120 Å². The topological polar surface area (TPSA) is 15.6 Å². The summed E-state index contributed by atoms with van der Waals surface area (Å²) in [5.74, 6) is 0.750. The van der Waals surface area contributed by atoms with Gasteiger partial charge in [0, 0.05) is 24.8 Å². The smallest absolute Gasteiger partial charge is 0.0671 e. The van der Waals surface area contributed by atoms with Crippen LogP contribution in [0.2, 0.25) is 0 Å². The van der Waals surface area contributed by atoms with Crippen LogP contribution in [-0.4, -0.2) is 29.7 Å². The fraction of sp³-hybridized carbons (Fsp3) is 0.500. The summed E-state index contributed by atoms with van der Waals surface area (Å²) < 4.78 is 0. The van der Waals surface area contributed by atoms with Gasteiger partial charge in [0.25, 0.3) is 0 Å². The van der Waals surface area contributed by atoms with Crippen LogP contribution in [0.25, 0.3) is 0 Å². The highest BCUT2D eigenvalue weighted by Crippen LogP contribution is 2.57. The molecule has 2 saturated heterocycles. The zero-order chi connectivity index (χ0) is 13.3. The molecular weight excluding hydrogens is 244 g/mol. The molecule has 0 amide bonds. The second-order valence-electron chi connectivity index (χ2n) is 6.78. The van der Waals surface area contributed by atoms with Crippen LogP contribution in [0.4, 0.5) is 5.69 Å². The molecule has 3 fully saturated rings. The maximum atomic E-state index is 5.06. The monoisotopic (exact) mass is 264 g/mol. The SMILES string of the molecule is C/C=C1/CN2CC[C@@]34C(=Nc5ccccc53)C[C@H]1CC24. The number of nitrogens with zero attached hydrogens (tertiary/aromatic N) is 2. The molecule has 1 unspecified atom stereocenters. The third-order valence-corrected chi connectivity index (χ3v) is 6.19. The first-order chi connectivity index (χ1) is 9.83. The second kappa shape index (κ2) is 3.62. The normalized spacial score (nSPS) is 39.6. The van der Waals surface area contributed by atoms with E-state index in [1.165, 1.54) is 49.3 Å². The van der Waals surface area contributed by atoms with Crippen LogP contribution in [0.1, 0.15) is 31.7 Å². The molecule has 2 nitrogen and oxygen atoms in total. The highest BCUT2D eigenvalue weighted by molar-refractivity contribution is 6.04. The van der Waals surface area contributed by atoms with Crippen LogP contribution in [0.3, 0.4) is 0 Å². The maximum Gasteiger partial charge on any atom is 0.0671 e. The number of hydrogen-bond acceptors (Lipinski definition) is 2. The molecule has 1 aromatic rings. The van der Waals surface area contributed by atoms with Gasteiger partial charge in [0.05, 0.1) is 11.1 Å². The van der Waals surface area contributed by atoms with Crippen LogP contribution in [0.15, 0.2) is 40.9 Å². The minimum Gasteiger partial charge on any atom is -0.295 e. The summed E-state index contributed by atoms with van der Waals surface area (Å²) in [5, 5.41) is 0. The van der Waals surface area contributed by atoms with E-state index in [0.717, 1.165) is 5.92 Å². The number of fused-ring (bicyclic) bond motifs is 2. The van der Waals surface area contributed by atoms with Crippen molar-refractivity contribution in [2.75, 3.05) is 13.1 Å². The summed E-state index contributed by atoms with van der Waals surface area (Å²) >= 11 is 0. The van der Waals surface area contributed by atoms with E-state index < -0.39 is 0 Å². The van der Waals surface area contributed by atoms with Gasteiger partial charge in [-0.3, -0.25) is 9.89 Å². The molecule has 3 heterocycles. The van der Waals surface area contributed by atoms with E-state index in [1.807, 2.05) is 0 Å². The lowest BCUT2D eigenvalue weighted by molar-refractivity contribution is 0.163. The van der Waals surface area contributed by atoms with Gasteiger partial charge in [0.15, 0.2) is 0 Å². The zero-order valence-corrected chi connectivity index (χ0v) is 12.0. The summed E-state index contributed by atoms with van der Waals surface area (Å²) in [6.07, 6.45) is 6.16. The Morgan fingerprint density at radius 3 is 3.15 bits per heavy atom.